The normalized spacial score (nSPS) is 10.2. The summed E-state index contributed by atoms with van der Waals surface area (Å²) in [5.41, 5.74) is 4.32. The molecule has 0 aliphatic carbocycles. The lowest BCUT2D eigenvalue weighted by molar-refractivity contribution is 0.421. The highest BCUT2D eigenvalue weighted by Gasteiger charge is 2.10. The number of hydrogen-bond donors (Lipinski definition) is 1. The molecule has 0 spiro atoms. The number of nitriles is 1. The van der Waals surface area contributed by atoms with Gasteiger partial charge in [-0.1, -0.05) is 39.3 Å². The summed E-state index contributed by atoms with van der Waals surface area (Å²) < 4.78 is 6.13. The molecule has 0 unspecified atom stereocenters. The molecule has 3 rings (SSSR count). The third kappa shape index (κ3) is 3.18. The summed E-state index contributed by atoms with van der Waals surface area (Å²) in [4.78, 5) is 0. The lowest BCUT2D eigenvalue weighted by atomic mass is 10.1. The van der Waals surface area contributed by atoms with Gasteiger partial charge in [-0.3, -0.25) is 0 Å². The summed E-state index contributed by atoms with van der Waals surface area (Å²) >= 11 is 3.45. The Morgan fingerprint density at radius 2 is 2.00 bits per heavy atom. The van der Waals surface area contributed by atoms with Crippen LogP contribution >= 0.6 is 15.9 Å². The third-order valence-electron chi connectivity index (χ3n) is 3.24. The van der Waals surface area contributed by atoms with Crippen LogP contribution in [0.1, 0.15) is 11.1 Å². The maximum absolute atomic E-state index is 8.85. The lowest BCUT2D eigenvalue weighted by Crippen LogP contribution is -1.99. The van der Waals surface area contributed by atoms with Crippen LogP contribution in [0.2, 0.25) is 0 Å². The van der Waals surface area contributed by atoms with Crippen molar-refractivity contribution in [1.29, 1.82) is 5.26 Å². The Labute approximate surface area is 136 Å². The van der Waals surface area contributed by atoms with Crippen LogP contribution in [0.4, 0.5) is 5.69 Å². The fraction of sp³-hybridized carbons (Fsp3) is 0.0588. The fourth-order valence-corrected chi connectivity index (χ4v) is 2.52. The number of anilines is 1. The van der Waals surface area contributed by atoms with Crippen molar-refractivity contribution in [1.82, 2.24) is 5.16 Å². The minimum Gasteiger partial charge on any atom is -0.381 e. The topological polar surface area (TPSA) is 61.9 Å². The van der Waals surface area contributed by atoms with Crippen LogP contribution < -0.4 is 5.32 Å². The second-order valence-corrected chi connectivity index (χ2v) is 5.66. The van der Waals surface area contributed by atoms with E-state index in [0.29, 0.717) is 12.1 Å². The first kappa shape index (κ1) is 14.4. The van der Waals surface area contributed by atoms with Gasteiger partial charge in [0.15, 0.2) is 0 Å². The van der Waals surface area contributed by atoms with Crippen molar-refractivity contribution in [2.45, 2.75) is 6.54 Å². The zero-order valence-corrected chi connectivity index (χ0v) is 13.2. The molecule has 3 aromatic rings. The Balaban J connectivity index is 1.78. The van der Waals surface area contributed by atoms with Gasteiger partial charge in [0.05, 0.1) is 11.6 Å². The zero-order valence-electron chi connectivity index (χ0n) is 11.6. The Kier molecular flexibility index (Phi) is 4.22. The Morgan fingerprint density at radius 3 is 2.73 bits per heavy atom. The number of rotatable bonds is 4. The first-order chi connectivity index (χ1) is 10.8. The summed E-state index contributed by atoms with van der Waals surface area (Å²) in [5, 5.41) is 16.3. The van der Waals surface area contributed by atoms with Crippen LogP contribution in [0.15, 0.2) is 63.8 Å². The van der Waals surface area contributed by atoms with Gasteiger partial charge < -0.3 is 9.84 Å². The van der Waals surface area contributed by atoms with Gasteiger partial charge in [-0.2, -0.15) is 5.26 Å². The number of nitrogens with one attached hydrogen (secondary N) is 1. The SMILES string of the molecule is N#Cc1ccc(-c2nocc2CNc2cccc(Br)c2)cc1. The van der Waals surface area contributed by atoms with Crippen molar-refractivity contribution in [3.63, 3.8) is 0 Å². The van der Waals surface area contributed by atoms with E-state index < -0.39 is 0 Å². The van der Waals surface area contributed by atoms with Crippen molar-refractivity contribution >= 4 is 21.6 Å². The number of hydrogen-bond acceptors (Lipinski definition) is 4. The second-order valence-electron chi connectivity index (χ2n) is 4.74. The van der Waals surface area contributed by atoms with Crippen molar-refractivity contribution in [2.75, 3.05) is 5.32 Å². The van der Waals surface area contributed by atoms with E-state index in [9.17, 15) is 0 Å². The predicted octanol–water partition coefficient (Wildman–Crippen LogP) is 4.59. The molecule has 2 aromatic carbocycles. The Bertz CT molecular complexity index is 818. The standard InChI is InChI=1S/C17H12BrN3O/c18-15-2-1-3-16(8-15)20-10-14-11-22-21-17(14)13-6-4-12(9-19)5-7-13/h1-8,11,20H,10H2. The zero-order chi connectivity index (χ0) is 15.4. The number of halogens is 1. The molecule has 108 valence electrons. The summed E-state index contributed by atoms with van der Waals surface area (Å²) in [5.74, 6) is 0. The summed E-state index contributed by atoms with van der Waals surface area (Å²) in [6, 6.07) is 17.4. The summed E-state index contributed by atoms with van der Waals surface area (Å²) in [6.45, 7) is 0.606. The Morgan fingerprint density at radius 1 is 1.18 bits per heavy atom. The van der Waals surface area contributed by atoms with Gasteiger partial charge in [0.25, 0.3) is 0 Å². The highest BCUT2D eigenvalue weighted by molar-refractivity contribution is 9.10. The van der Waals surface area contributed by atoms with E-state index in [1.807, 2.05) is 36.4 Å². The molecule has 0 radical (unpaired) electrons. The first-order valence-corrected chi connectivity index (χ1v) is 7.49. The van der Waals surface area contributed by atoms with Gasteiger partial charge in [0.2, 0.25) is 0 Å². The Hall–Kier alpha value is -2.58. The number of aromatic nitrogens is 1. The number of benzene rings is 2. The van der Waals surface area contributed by atoms with Crippen LogP contribution in [0.5, 0.6) is 0 Å². The molecule has 0 saturated heterocycles. The van der Waals surface area contributed by atoms with Crippen molar-refractivity contribution in [3.05, 3.63) is 70.4 Å². The van der Waals surface area contributed by atoms with Gasteiger partial charge in [0, 0.05) is 27.8 Å². The van der Waals surface area contributed by atoms with E-state index in [4.69, 9.17) is 9.78 Å². The van der Waals surface area contributed by atoms with E-state index in [2.05, 4.69) is 32.5 Å². The van der Waals surface area contributed by atoms with E-state index in [1.54, 1.807) is 18.4 Å². The quantitative estimate of drug-likeness (QED) is 0.745. The van der Waals surface area contributed by atoms with Gasteiger partial charge in [0.1, 0.15) is 12.0 Å². The highest BCUT2D eigenvalue weighted by Crippen LogP contribution is 2.24. The molecule has 0 aliphatic rings. The van der Waals surface area contributed by atoms with Crippen LogP contribution in [-0.4, -0.2) is 5.16 Å². The smallest absolute Gasteiger partial charge is 0.129 e. The molecule has 0 bridgehead atoms. The summed E-state index contributed by atoms with van der Waals surface area (Å²) in [6.07, 6.45) is 1.64. The first-order valence-electron chi connectivity index (χ1n) is 6.69. The monoisotopic (exact) mass is 353 g/mol. The molecule has 0 atom stereocenters. The fourth-order valence-electron chi connectivity index (χ4n) is 2.12. The maximum Gasteiger partial charge on any atom is 0.129 e. The van der Waals surface area contributed by atoms with Gasteiger partial charge in [-0.15, -0.1) is 0 Å². The molecular weight excluding hydrogens is 342 g/mol. The molecule has 0 amide bonds. The van der Waals surface area contributed by atoms with Gasteiger partial charge >= 0.3 is 0 Å². The molecular formula is C17H12BrN3O. The average molecular weight is 354 g/mol. The van der Waals surface area contributed by atoms with Gasteiger partial charge in [-0.25, -0.2) is 0 Å². The maximum atomic E-state index is 8.85. The van der Waals surface area contributed by atoms with Crippen molar-refractivity contribution in [2.24, 2.45) is 0 Å². The third-order valence-corrected chi connectivity index (χ3v) is 3.73. The molecule has 5 heteroatoms. The largest absolute Gasteiger partial charge is 0.381 e. The second kappa shape index (κ2) is 6.46. The lowest BCUT2D eigenvalue weighted by Gasteiger charge is -2.06. The van der Waals surface area contributed by atoms with E-state index >= 15 is 0 Å². The van der Waals surface area contributed by atoms with E-state index in [1.165, 1.54) is 0 Å². The van der Waals surface area contributed by atoms with Crippen LogP contribution in [-0.2, 0) is 6.54 Å². The molecule has 0 aliphatic heterocycles. The molecule has 4 nitrogen and oxygen atoms in total. The molecule has 0 saturated carbocycles. The summed E-state index contributed by atoms with van der Waals surface area (Å²) in [7, 11) is 0. The molecule has 1 heterocycles. The van der Waals surface area contributed by atoms with Crippen LogP contribution in [0, 0.1) is 11.3 Å². The van der Waals surface area contributed by atoms with Gasteiger partial charge in [-0.05, 0) is 30.3 Å². The predicted molar refractivity (Wildman–Crippen MR) is 88.1 cm³/mol. The molecule has 1 aromatic heterocycles. The number of nitrogens with zero attached hydrogens (tertiary/aromatic N) is 2. The molecule has 1 N–H and O–H groups in total. The van der Waals surface area contributed by atoms with Crippen LogP contribution in [0.3, 0.4) is 0 Å². The molecule has 22 heavy (non-hydrogen) atoms. The minimum absolute atomic E-state index is 0.606. The van der Waals surface area contributed by atoms with E-state index in [-0.39, 0.29) is 0 Å². The van der Waals surface area contributed by atoms with Crippen LogP contribution in [0.25, 0.3) is 11.3 Å². The minimum atomic E-state index is 0.606. The van der Waals surface area contributed by atoms with Crippen molar-refractivity contribution < 1.29 is 4.52 Å². The molecule has 0 fully saturated rings. The van der Waals surface area contributed by atoms with Crippen molar-refractivity contribution in [3.8, 4) is 17.3 Å². The average Bonchev–Trinajstić information content (AvgIpc) is 3.01. The highest BCUT2D eigenvalue weighted by atomic mass is 79.9. The van der Waals surface area contributed by atoms with E-state index in [0.717, 1.165) is 27.0 Å².